The number of hydrogen-bond donors (Lipinski definition) is 0. The van der Waals surface area contributed by atoms with E-state index >= 15 is 0 Å². The molecule has 2 saturated heterocycles. The highest BCUT2D eigenvalue weighted by Crippen LogP contribution is 2.42. The summed E-state index contributed by atoms with van der Waals surface area (Å²) in [6.45, 7) is 23.2. The fourth-order valence-electron chi connectivity index (χ4n) is 4.33. The van der Waals surface area contributed by atoms with Crippen molar-refractivity contribution in [2.75, 3.05) is 25.0 Å². The summed E-state index contributed by atoms with van der Waals surface area (Å²) in [6, 6.07) is 1.85. The molecule has 2 heterocycles. The summed E-state index contributed by atoms with van der Waals surface area (Å²) in [5.74, 6) is 2.48. The van der Waals surface area contributed by atoms with Crippen LogP contribution >= 0.6 is 11.8 Å². The van der Waals surface area contributed by atoms with E-state index in [0.717, 1.165) is 13.3 Å². The minimum atomic E-state index is 0.181. The Morgan fingerprint density at radius 2 is 1.64 bits per heavy atom. The van der Waals surface area contributed by atoms with Crippen molar-refractivity contribution in [1.82, 2.24) is 9.80 Å². The van der Waals surface area contributed by atoms with Crippen LogP contribution in [0, 0.1) is 10.8 Å². The van der Waals surface area contributed by atoms with E-state index in [2.05, 4.69) is 83.9 Å². The van der Waals surface area contributed by atoms with Crippen LogP contribution in [-0.2, 0) is 4.74 Å². The SMILES string of the molecule is CC(C)N1CSCC1C(C)(C)CCC(C)(C)N1COCC1C(C)(C)C. The molecule has 0 bridgehead atoms. The molecule has 25 heavy (non-hydrogen) atoms. The van der Waals surface area contributed by atoms with E-state index < -0.39 is 0 Å². The Hall–Kier alpha value is 0.230. The van der Waals surface area contributed by atoms with Crippen molar-refractivity contribution in [3.05, 3.63) is 0 Å². The zero-order valence-corrected chi connectivity index (χ0v) is 19.0. The second-order valence-corrected chi connectivity index (χ2v) is 11.8. The minimum Gasteiger partial charge on any atom is -0.364 e. The van der Waals surface area contributed by atoms with Gasteiger partial charge >= 0.3 is 0 Å². The first-order valence-corrected chi connectivity index (χ1v) is 11.2. The Morgan fingerprint density at radius 1 is 1.00 bits per heavy atom. The molecule has 2 rings (SSSR count). The van der Waals surface area contributed by atoms with Gasteiger partial charge in [0.05, 0.1) is 13.3 Å². The van der Waals surface area contributed by atoms with Crippen LogP contribution in [0.5, 0.6) is 0 Å². The van der Waals surface area contributed by atoms with Gasteiger partial charge in [0.25, 0.3) is 0 Å². The Balaban J connectivity index is 2.03. The van der Waals surface area contributed by atoms with Gasteiger partial charge in [0.15, 0.2) is 0 Å². The lowest BCUT2D eigenvalue weighted by molar-refractivity contribution is 0.0129. The molecule has 2 fully saturated rings. The van der Waals surface area contributed by atoms with Gasteiger partial charge in [-0.05, 0) is 51.4 Å². The zero-order valence-electron chi connectivity index (χ0n) is 18.2. The highest BCUT2D eigenvalue weighted by atomic mass is 32.2. The first-order valence-electron chi connectivity index (χ1n) is 10.0. The monoisotopic (exact) mass is 370 g/mol. The van der Waals surface area contributed by atoms with E-state index in [9.17, 15) is 0 Å². The van der Waals surface area contributed by atoms with Gasteiger partial charge in [-0.3, -0.25) is 9.80 Å². The molecule has 2 atom stereocenters. The lowest BCUT2D eigenvalue weighted by Crippen LogP contribution is -2.53. The smallest absolute Gasteiger partial charge is 0.0998 e. The first-order chi connectivity index (χ1) is 11.4. The number of thioether (sulfide) groups is 1. The standard InChI is InChI=1S/C21H42N2OS/c1-16(2)22-15-25-13-18(22)20(6,7)10-11-21(8,9)23-14-24-12-17(23)19(3,4)5/h16-18H,10-15H2,1-9H3. The lowest BCUT2D eigenvalue weighted by Gasteiger charge is -2.46. The fraction of sp³-hybridized carbons (Fsp3) is 1.00. The van der Waals surface area contributed by atoms with Crippen molar-refractivity contribution in [3.8, 4) is 0 Å². The fourth-order valence-corrected chi connectivity index (χ4v) is 5.99. The number of hydrogen-bond acceptors (Lipinski definition) is 4. The maximum absolute atomic E-state index is 5.88. The molecule has 0 aromatic rings. The molecule has 148 valence electrons. The predicted octanol–water partition coefficient (Wildman–Crippen LogP) is 5.06. The molecule has 0 saturated carbocycles. The molecular formula is C21H42N2OS. The molecule has 0 spiro atoms. The van der Waals surface area contributed by atoms with Crippen molar-refractivity contribution < 1.29 is 4.74 Å². The summed E-state index contributed by atoms with van der Waals surface area (Å²) in [6.07, 6.45) is 2.49. The minimum absolute atomic E-state index is 0.181. The Bertz CT molecular complexity index is 442. The van der Waals surface area contributed by atoms with Crippen LogP contribution < -0.4 is 0 Å². The van der Waals surface area contributed by atoms with Crippen LogP contribution in [0.1, 0.15) is 75.2 Å². The van der Waals surface area contributed by atoms with Crippen molar-refractivity contribution >= 4 is 11.8 Å². The van der Waals surface area contributed by atoms with E-state index in [0.29, 0.717) is 23.5 Å². The molecule has 4 heteroatoms. The third-order valence-corrected chi connectivity index (χ3v) is 7.55. The van der Waals surface area contributed by atoms with Gasteiger partial charge < -0.3 is 4.74 Å². The van der Waals surface area contributed by atoms with Gasteiger partial charge in [0.1, 0.15) is 0 Å². The van der Waals surface area contributed by atoms with Crippen molar-refractivity contribution in [1.29, 1.82) is 0 Å². The number of nitrogens with zero attached hydrogens (tertiary/aromatic N) is 2. The quantitative estimate of drug-likeness (QED) is 0.649. The second kappa shape index (κ2) is 7.69. The summed E-state index contributed by atoms with van der Waals surface area (Å²) < 4.78 is 5.88. The summed E-state index contributed by atoms with van der Waals surface area (Å²) in [5, 5.41) is 0. The molecule has 2 aliphatic rings. The highest BCUT2D eigenvalue weighted by Gasteiger charge is 2.44. The Labute approximate surface area is 161 Å². The predicted molar refractivity (Wildman–Crippen MR) is 111 cm³/mol. The molecule has 0 N–H and O–H groups in total. The summed E-state index contributed by atoms with van der Waals surface area (Å²) >= 11 is 2.10. The van der Waals surface area contributed by atoms with E-state index in [1.54, 1.807) is 0 Å². The van der Waals surface area contributed by atoms with Crippen LogP contribution in [0.2, 0.25) is 0 Å². The third kappa shape index (κ3) is 4.94. The Morgan fingerprint density at radius 3 is 2.20 bits per heavy atom. The average molecular weight is 371 g/mol. The average Bonchev–Trinajstić information content (AvgIpc) is 3.13. The van der Waals surface area contributed by atoms with Gasteiger partial charge in [-0.2, -0.15) is 0 Å². The third-order valence-electron chi connectivity index (χ3n) is 6.52. The molecule has 0 aromatic heterocycles. The first kappa shape index (κ1) is 21.5. The van der Waals surface area contributed by atoms with Gasteiger partial charge in [0, 0.05) is 35.3 Å². The van der Waals surface area contributed by atoms with E-state index in [1.165, 1.54) is 24.5 Å². The largest absolute Gasteiger partial charge is 0.364 e. The van der Waals surface area contributed by atoms with Crippen LogP contribution in [0.3, 0.4) is 0 Å². The van der Waals surface area contributed by atoms with Crippen LogP contribution in [0.25, 0.3) is 0 Å². The van der Waals surface area contributed by atoms with Crippen molar-refractivity contribution in [3.63, 3.8) is 0 Å². The van der Waals surface area contributed by atoms with Crippen molar-refractivity contribution in [2.24, 2.45) is 10.8 Å². The molecule has 3 nitrogen and oxygen atoms in total. The topological polar surface area (TPSA) is 15.7 Å². The van der Waals surface area contributed by atoms with Gasteiger partial charge in [0.2, 0.25) is 0 Å². The second-order valence-electron chi connectivity index (χ2n) is 10.8. The molecule has 2 aliphatic heterocycles. The molecular weight excluding hydrogens is 328 g/mol. The van der Waals surface area contributed by atoms with Crippen LogP contribution in [0.15, 0.2) is 0 Å². The summed E-state index contributed by atoms with van der Waals surface area (Å²) in [5.41, 5.74) is 0.794. The van der Waals surface area contributed by atoms with E-state index in [1.807, 2.05) is 0 Å². The maximum Gasteiger partial charge on any atom is 0.0998 e. The van der Waals surface area contributed by atoms with Gasteiger partial charge in [-0.25, -0.2) is 0 Å². The van der Waals surface area contributed by atoms with E-state index in [-0.39, 0.29) is 11.0 Å². The number of rotatable bonds is 6. The maximum atomic E-state index is 5.88. The van der Waals surface area contributed by atoms with Gasteiger partial charge in [-0.1, -0.05) is 34.6 Å². The van der Waals surface area contributed by atoms with E-state index in [4.69, 9.17) is 4.74 Å². The molecule has 0 aliphatic carbocycles. The number of ether oxygens (including phenoxy) is 1. The van der Waals surface area contributed by atoms with Crippen LogP contribution in [0.4, 0.5) is 0 Å². The normalized spacial score (nSPS) is 27.6. The highest BCUT2D eigenvalue weighted by molar-refractivity contribution is 7.99. The summed E-state index contributed by atoms with van der Waals surface area (Å²) in [7, 11) is 0. The molecule has 2 unspecified atom stereocenters. The lowest BCUT2D eigenvalue weighted by atomic mass is 9.76. The zero-order chi connectivity index (χ0) is 19.0. The van der Waals surface area contributed by atoms with Gasteiger partial charge in [-0.15, -0.1) is 11.8 Å². The molecule has 0 radical (unpaired) electrons. The van der Waals surface area contributed by atoms with Crippen LogP contribution in [-0.4, -0.2) is 58.4 Å². The molecule has 0 aromatic carbocycles. The molecule has 0 amide bonds. The summed E-state index contributed by atoms with van der Waals surface area (Å²) in [4.78, 5) is 5.32. The Kier molecular flexibility index (Phi) is 6.62. The van der Waals surface area contributed by atoms with Crippen molar-refractivity contribution in [2.45, 2.75) is 98.8 Å².